The van der Waals surface area contributed by atoms with E-state index >= 15 is 0 Å². The third-order valence-electron chi connectivity index (χ3n) is 2.76. The number of halogens is 2. The summed E-state index contributed by atoms with van der Waals surface area (Å²) in [5.41, 5.74) is 2.25. The minimum atomic E-state index is -0.478. The highest BCUT2D eigenvalue weighted by Crippen LogP contribution is 2.38. The van der Waals surface area contributed by atoms with Crippen molar-refractivity contribution in [3.8, 4) is 11.3 Å². The normalized spacial score (nSPS) is 10.6. The number of esters is 1. The van der Waals surface area contributed by atoms with Crippen LogP contribution in [0.15, 0.2) is 16.7 Å². The number of hydrogen-bond donors (Lipinski definition) is 0. The highest BCUT2D eigenvalue weighted by molar-refractivity contribution is 6.44. The second-order valence-electron chi connectivity index (χ2n) is 4.04. The van der Waals surface area contributed by atoms with Gasteiger partial charge in [0.1, 0.15) is 0 Å². The molecule has 1 heterocycles. The molecule has 0 aliphatic rings. The molecule has 0 fully saturated rings. The summed E-state index contributed by atoms with van der Waals surface area (Å²) in [6.07, 6.45) is 0. The van der Waals surface area contributed by atoms with Crippen LogP contribution in [0, 0.1) is 13.8 Å². The van der Waals surface area contributed by atoms with E-state index in [2.05, 4.69) is 5.16 Å². The van der Waals surface area contributed by atoms with Gasteiger partial charge in [-0.05, 0) is 25.5 Å². The van der Waals surface area contributed by atoms with Gasteiger partial charge < -0.3 is 9.26 Å². The molecule has 0 spiro atoms. The molecule has 0 amide bonds. The predicted molar refractivity (Wildman–Crippen MR) is 72.8 cm³/mol. The van der Waals surface area contributed by atoms with Crippen LogP contribution >= 0.6 is 23.2 Å². The lowest BCUT2D eigenvalue weighted by atomic mass is 10.00. The molecule has 0 bridgehead atoms. The van der Waals surface area contributed by atoms with Gasteiger partial charge in [-0.1, -0.05) is 28.4 Å². The Labute approximate surface area is 120 Å². The van der Waals surface area contributed by atoms with E-state index < -0.39 is 5.97 Å². The standard InChI is InChI=1S/C13H11Cl2NO3/c1-6-4-10(19-16-6)11-7(2)8(13(17)18-3)5-9(14)12(11)15/h4-5H,1-3H3. The maximum absolute atomic E-state index is 11.7. The lowest BCUT2D eigenvalue weighted by molar-refractivity contribution is 0.0600. The monoisotopic (exact) mass is 299 g/mol. The van der Waals surface area contributed by atoms with Crippen molar-refractivity contribution in [1.29, 1.82) is 0 Å². The molecule has 0 aliphatic heterocycles. The molecule has 0 saturated carbocycles. The summed E-state index contributed by atoms with van der Waals surface area (Å²) in [7, 11) is 1.31. The molecule has 0 N–H and O–H groups in total. The van der Waals surface area contributed by atoms with Gasteiger partial charge in [-0.25, -0.2) is 4.79 Å². The topological polar surface area (TPSA) is 52.3 Å². The Hall–Kier alpha value is -1.52. The molecule has 6 heteroatoms. The van der Waals surface area contributed by atoms with E-state index in [1.165, 1.54) is 13.2 Å². The van der Waals surface area contributed by atoms with Crippen molar-refractivity contribution in [2.24, 2.45) is 0 Å². The first-order valence-corrected chi connectivity index (χ1v) is 6.22. The van der Waals surface area contributed by atoms with Crippen LogP contribution in [0.1, 0.15) is 21.6 Å². The quantitative estimate of drug-likeness (QED) is 0.785. The summed E-state index contributed by atoms with van der Waals surface area (Å²) in [4.78, 5) is 11.7. The largest absolute Gasteiger partial charge is 0.465 e. The number of ether oxygens (including phenoxy) is 1. The number of hydrogen-bond acceptors (Lipinski definition) is 4. The molecule has 0 radical (unpaired) electrons. The minimum absolute atomic E-state index is 0.261. The fourth-order valence-electron chi connectivity index (χ4n) is 1.81. The molecular formula is C13H11Cl2NO3. The number of carbonyl (C=O) groups is 1. The van der Waals surface area contributed by atoms with E-state index in [0.717, 1.165) is 0 Å². The van der Waals surface area contributed by atoms with Crippen LogP contribution in [0.25, 0.3) is 11.3 Å². The zero-order valence-corrected chi connectivity index (χ0v) is 12.1. The average molecular weight is 300 g/mol. The summed E-state index contributed by atoms with van der Waals surface area (Å²) in [6, 6.07) is 3.21. The van der Waals surface area contributed by atoms with Crippen LogP contribution in [-0.4, -0.2) is 18.2 Å². The number of rotatable bonds is 2. The van der Waals surface area contributed by atoms with Gasteiger partial charge >= 0.3 is 5.97 Å². The summed E-state index contributed by atoms with van der Waals surface area (Å²) in [5, 5.41) is 4.39. The highest BCUT2D eigenvalue weighted by Gasteiger charge is 2.21. The van der Waals surface area contributed by atoms with Gasteiger partial charge in [0, 0.05) is 11.6 Å². The van der Waals surface area contributed by atoms with E-state index in [1.807, 2.05) is 0 Å². The lowest BCUT2D eigenvalue weighted by Crippen LogP contribution is -2.05. The summed E-state index contributed by atoms with van der Waals surface area (Å²) < 4.78 is 9.91. The Kier molecular flexibility index (Phi) is 3.83. The second kappa shape index (κ2) is 5.23. The van der Waals surface area contributed by atoms with Crippen molar-refractivity contribution in [2.75, 3.05) is 7.11 Å². The Morgan fingerprint density at radius 3 is 2.53 bits per heavy atom. The van der Waals surface area contributed by atoms with Crippen molar-refractivity contribution in [3.05, 3.63) is 39.0 Å². The van der Waals surface area contributed by atoms with Crippen molar-refractivity contribution in [2.45, 2.75) is 13.8 Å². The third-order valence-corrected chi connectivity index (χ3v) is 3.55. The van der Waals surface area contributed by atoms with Crippen LogP contribution in [0.3, 0.4) is 0 Å². The predicted octanol–water partition coefficient (Wildman–Crippen LogP) is 4.05. The molecule has 1 aromatic carbocycles. The zero-order chi connectivity index (χ0) is 14.2. The summed E-state index contributed by atoms with van der Waals surface area (Å²) >= 11 is 12.2. The smallest absolute Gasteiger partial charge is 0.338 e. The van der Waals surface area contributed by atoms with Crippen LogP contribution in [0.2, 0.25) is 10.0 Å². The number of methoxy groups -OCH3 is 1. The van der Waals surface area contributed by atoms with Crippen LogP contribution in [0.5, 0.6) is 0 Å². The number of aromatic nitrogens is 1. The Morgan fingerprint density at radius 1 is 1.32 bits per heavy atom. The van der Waals surface area contributed by atoms with Gasteiger partial charge in [-0.2, -0.15) is 0 Å². The van der Waals surface area contributed by atoms with Gasteiger partial charge in [-0.15, -0.1) is 0 Å². The fraction of sp³-hybridized carbons (Fsp3) is 0.231. The van der Waals surface area contributed by atoms with E-state index in [1.54, 1.807) is 19.9 Å². The Bertz CT molecular complexity index is 650. The molecule has 19 heavy (non-hydrogen) atoms. The van der Waals surface area contributed by atoms with Crippen LogP contribution < -0.4 is 0 Å². The maximum atomic E-state index is 11.7. The van der Waals surface area contributed by atoms with Gasteiger partial charge in [0.2, 0.25) is 0 Å². The van der Waals surface area contributed by atoms with Gasteiger partial charge in [0.05, 0.1) is 28.4 Å². The molecule has 4 nitrogen and oxygen atoms in total. The molecule has 1 aromatic heterocycles. The molecule has 2 aromatic rings. The number of nitrogens with zero attached hydrogens (tertiary/aromatic N) is 1. The maximum Gasteiger partial charge on any atom is 0.338 e. The Morgan fingerprint density at radius 2 is 2.00 bits per heavy atom. The summed E-state index contributed by atoms with van der Waals surface area (Å²) in [5.74, 6) is -0.0128. The molecule has 100 valence electrons. The SMILES string of the molecule is COC(=O)c1cc(Cl)c(Cl)c(-c2cc(C)no2)c1C. The average Bonchev–Trinajstić information content (AvgIpc) is 2.79. The fourth-order valence-corrected chi connectivity index (χ4v) is 2.31. The molecule has 2 rings (SSSR count). The van der Waals surface area contributed by atoms with E-state index in [9.17, 15) is 4.79 Å². The van der Waals surface area contributed by atoms with E-state index in [-0.39, 0.29) is 5.02 Å². The number of benzene rings is 1. The zero-order valence-electron chi connectivity index (χ0n) is 10.6. The van der Waals surface area contributed by atoms with Crippen molar-refractivity contribution < 1.29 is 14.1 Å². The highest BCUT2D eigenvalue weighted by atomic mass is 35.5. The van der Waals surface area contributed by atoms with Crippen LogP contribution in [-0.2, 0) is 4.74 Å². The minimum Gasteiger partial charge on any atom is -0.465 e. The van der Waals surface area contributed by atoms with Crippen LogP contribution in [0.4, 0.5) is 0 Å². The van der Waals surface area contributed by atoms with E-state index in [0.29, 0.717) is 33.2 Å². The number of carbonyl (C=O) groups excluding carboxylic acids is 1. The third kappa shape index (κ3) is 2.46. The van der Waals surface area contributed by atoms with E-state index in [4.69, 9.17) is 32.5 Å². The molecule has 0 atom stereocenters. The molecule has 0 unspecified atom stereocenters. The van der Waals surface area contributed by atoms with Gasteiger partial charge in [0.15, 0.2) is 5.76 Å². The first-order chi connectivity index (χ1) is 8.95. The van der Waals surface area contributed by atoms with Gasteiger partial charge in [0.25, 0.3) is 0 Å². The Balaban J connectivity index is 2.72. The molecule has 0 aliphatic carbocycles. The molecular weight excluding hydrogens is 289 g/mol. The first kappa shape index (κ1) is 13.9. The van der Waals surface area contributed by atoms with Crippen molar-refractivity contribution in [1.82, 2.24) is 5.16 Å². The lowest BCUT2D eigenvalue weighted by Gasteiger charge is -2.11. The van der Waals surface area contributed by atoms with Crippen molar-refractivity contribution >= 4 is 29.2 Å². The molecule has 0 saturated heterocycles. The van der Waals surface area contributed by atoms with Gasteiger partial charge in [-0.3, -0.25) is 0 Å². The first-order valence-electron chi connectivity index (χ1n) is 5.46. The summed E-state index contributed by atoms with van der Waals surface area (Å²) in [6.45, 7) is 3.55. The second-order valence-corrected chi connectivity index (χ2v) is 4.83. The number of aryl methyl sites for hydroxylation is 1. The van der Waals surface area contributed by atoms with Crippen molar-refractivity contribution in [3.63, 3.8) is 0 Å².